The minimum atomic E-state index is 0.241. The maximum Gasteiger partial charge on any atom is 0.0694 e. The smallest absolute Gasteiger partial charge is 0.0694 e. The van der Waals surface area contributed by atoms with Crippen LogP contribution in [-0.2, 0) is 4.74 Å². The predicted octanol–water partition coefficient (Wildman–Crippen LogP) is 4.13. The first-order valence-corrected chi connectivity index (χ1v) is 7.89. The minimum absolute atomic E-state index is 0.241. The van der Waals surface area contributed by atoms with E-state index in [4.69, 9.17) is 4.74 Å². The molecule has 4 rings (SSSR count). The zero-order chi connectivity index (χ0) is 13.0. The van der Waals surface area contributed by atoms with Crippen molar-refractivity contribution in [3.05, 3.63) is 29.6 Å². The third-order valence-electron chi connectivity index (χ3n) is 4.88. The van der Waals surface area contributed by atoms with Crippen LogP contribution in [0.15, 0.2) is 29.6 Å². The highest BCUT2D eigenvalue weighted by molar-refractivity contribution is 7.17. The molecule has 3 unspecified atom stereocenters. The summed E-state index contributed by atoms with van der Waals surface area (Å²) in [6.45, 7) is 5.57. The molecule has 1 aliphatic heterocycles. The van der Waals surface area contributed by atoms with Crippen LogP contribution in [0.3, 0.4) is 0 Å². The molecule has 0 spiro atoms. The number of fused-ring (bicyclic) bond motifs is 2. The Bertz CT molecular complexity index is 618. The second-order valence-electron chi connectivity index (χ2n) is 6.36. The molecule has 1 saturated carbocycles. The summed E-state index contributed by atoms with van der Waals surface area (Å²) < 4.78 is 7.22. The van der Waals surface area contributed by atoms with Crippen LogP contribution in [0.5, 0.6) is 0 Å². The van der Waals surface area contributed by atoms with Gasteiger partial charge in [-0.2, -0.15) is 0 Å². The molecule has 2 aromatic rings. The van der Waals surface area contributed by atoms with Gasteiger partial charge in [0.15, 0.2) is 0 Å². The van der Waals surface area contributed by atoms with Crippen LogP contribution in [0, 0.1) is 11.3 Å². The molecule has 2 heterocycles. The second kappa shape index (κ2) is 3.97. The summed E-state index contributed by atoms with van der Waals surface area (Å²) >= 11 is 1.80. The largest absolute Gasteiger partial charge is 0.381 e. The molecule has 100 valence electrons. The summed E-state index contributed by atoms with van der Waals surface area (Å²) in [6.07, 6.45) is 1.65. The van der Waals surface area contributed by atoms with Gasteiger partial charge in [0.1, 0.15) is 0 Å². The van der Waals surface area contributed by atoms with Gasteiger partial charge in [-0.1, -0.05) is 13.8 Å². The van der Waals surface area contributed by atoms with E-state index in [0.29, 0.717) is 18.1 Å². The van der Waals surface area contributed by atoms with E-state index in [0.717, 1.165) is 6.61 Å². The summed E-state index contributed by atoms with van der Waals surface area (Å²) in [5.74, 6) is 0.688. The van der Waals surface area contributed by atoms with Crippen LogP contribution in [0.2, 0.25) is 0 Å². The van der Waals surface area contributed by atoms with Crippen LogP contribution in [0.25, 0.3) is 10.1 Å². The van der Waals surface area contributed by atoms with E-state index >= 15 is 0 Å². The van der Waals surface area contributed by atoms with Gasteiger partial charge in [0.05, 0.1) is 6.10 Å². The molecule has 1 aromatic carbocycles. The highest BCUT2D eigenvalue weighted by atomic mass is 32.1. The van der Waals surface area contributed by atoms with E-state index in [1.807, 2.05) is 0 Å². The summed E-state index contributed by atoms with van der Waals surface area (Å²) in [4.78, 5) is 0. The summed E-state index contributed by atoms with van der Waals surface area (Å²) in [7, 11) is 0. The van der Waals surface area contributed by atoms with Gasteiger partial charge in [0.2, 0.25) is 0 Å². The van der Waals surface area contributed by atoms with Crippen molar-refractivity contribution in [2.24, 2.45) is 11.3 Å². The first kappa shape index (κ1) is 11.7. The summed E-state index contributed by atoms with van der Waals surface area (Å²) in [6, 6.07) is 9.43. The molecule has 2 nitrogen and oxygen atoms in total. The quantitative estimate of drug-likeness (QED) is 0.888. The third kappa shape index (κ3) is 1.65. The number of nitrogens with one attached hydrogen (secondary N) is 1. The zero-order valence-corrected chi connectivity index (χ0v) is 12.2. The van der Waals surface area contributed by atoms with Crippen LogP contribution in [-0.4, -0.2) is 18.8 Å². The Kier molecular flexibility index (Phi) is 2.45. The molecule has 1 aromatic heterocycles. The molecule has 0 bridgehead atoms. The summed E-state index contributed by atoms with van der Waals surface area (Å²) in [5, 5.41) is 7.24. The van der Waals surface area contributed by atoms with Gasteiger partial charge >= 0.3 is 0 Å². The van der Waals surface area contributed by atoms with Crippen LogP contribution in [0.1, 0.15) is 20.3 Å². The maximum absolute atomic E-state index is 5.85. The van der Waals surface area contributed by atoms with Crippen molar-refractivity contribution in [3.8, 4) is 0 Å². The second-order valence-corrected chi connectivity index (χ2v) is 7.31. The Hall–Kier alpha value is -1.06. The van der Waals surface area contributed by atoms with Crippen molar-refractivity contribution in [2.45, 2.75) is 32.4 Å². The zero-order valence-electron chi connectivity index (χ0n) is 11.3. The molecule has 3 atom stereocenters. The van der Waals surface area contributed by atoms with Crippen molar-refractivity contribution in [1.82, 2.24) is 0 Å². The van der Waals surface area contributed by atoms with Crippen molar-refractivity contribution >= 4 is 27.1 Å². The topological polar surface area (TPSA) is 21.3 Å². The number of rotatable bonds is 2. The van der Waals surface area contributed by atoms with Crippen LogP contribution >= 0.6 is 11.3 Å². The monoisotopic (exact) mass is 273 g/mol. The molecule has 1 N–H and O–H groups in total. The van der Waals surface area contributed by atoms with Crippen molar-refractivity contribution in [2.75, 3.05) is 11.9 Å². The SMILES string of the molecule is CC1(C)C(Nc2ccc3sccc3c2)C2CCOC21. The van der Waals surface area contributed by atoms with Crippen LogP contribution < -0.4 is 5.32 Å². The molecule has 0 amide bonds. The number of hydrogen-bond acceptors (Lipinski definition) is 3. The van der Waals surface area contributed by atoms with E-state index in [-0.39, 0.29) is 5.41 Å². The van der Waals surface area contributed by atoms with E-state index < -0.39 is 0 Å². The lowest BCUT2D eigenvalue weighted by atomic mass is 9.57. The number of anilines is 1. The Morgan fingerprint density at radius 2 is 2.21 bits per heavy atom. The molecular formula is C16H19NOS. The Labute approximate surface area is 117 Å². The van der Waals surface area contributed by atoms with Crippen molar-refractivity contribution < 1.29 is 4.74 Å². The van der Waals surface area contributed by atoms with E-state index in [1.54, 1.807) is 11.3 Å². The van der Waals surface area contributed by atoms with E-state index in [2.05, 4.69) is 48.8 Å². The first-order chi connectivity index (χ1) is 9.16. The average Bonchev–Trinajstić information content (AvgIpc) is 3.03. The van der Waals surface area contributed by atoms with Gasteiger partial charge in [0, 0.05) is 34.4 Å². The Balaban J connectivity index is 1.60. The fourth-order valence-corrected chi connectivity index (χ4v) is 4.62. The molecule has 1 aliphatic carbocycles. The lowest BCUT2D eigenvalue weighted by Gasteiger charge is -2.55. The lowest BCUT2D eigenvalue weighted by Crippen LogP contribution is -2.63. The number of ether oxygens (including phenoxy) is 1. The highest BCUT2D eigenvalue weighted by Crippen LogP contribution is 2.53. The first-order valence-electron chi connectivity index (χ1n) is 7.02. The van der Waals surface area contributed by atoms with Gasteiger partial charge < -0.3 is 10.1 Å². The average molecular weight is 273 g/mol. The van der Waals surface area contributed by atoms with E-state index in [9.17, 15) is 0 Å². The molecule has 2 aliphatic rings. The number of benzene rings is 1. The molecule has 0 radical (unpaired) electrons. The minimum Gasteiger partial charge on any atom is -0.381 e. The van der Waals surface area contributed by atoms with Gasteiger partial charge in [-0.05, 0) is 41.5 Å². The highest BCUT2D eigenvalue weighted by Gasteiger charge is 2.59. The fraction of sp³-hybridized carbons (Fsp3) is 0.500. The van der Waals surface area contributed by atoms with Crippen molar-refractivity contribution in [3.63, 3.8) is 0 Å². The molecule has 1 saturated heterocycles. The van der Waals surface area contributed by atoms with Crippen molar-refractivity contribution in [1.29, 1.82) is 0 Å². The third-order valence-corrected chi connectivity index (χ3v) is 5.77. The molecule has 19 heavy (non-hydrogen) atoms. The molecular weight excluding hydrogens is 254 g/mol. The molecule has 3 heteroatoms. The van der Waals surface area contributed by atoms with Gasteiger partial charge in [-0.15, -0.1) is 11.3 Å². The summed E-state index contributed by atoms with van der Waals surface area (Å²) in [5.41, 5.74) is 1.49. The van der Waals surface area contributed by atoms with Gasteiger partial charge in [-0.3, -0.25) is 0 Å². The Morgan fingerprint density at radius 1 is 1.32 bits per heavy atom. The van der Waals surface area contributed by atoms with Crippen LogP contribution in [0.4, 0.5) is 5.69 Å². The maximum atomic E-state index is 5.85. The number of hydrogen-bond donors (Lipinski definition) is 1. The Morgan fingerprint density at radius 3 is 3.11 bits per heavy atom. The normalized spacial score (nSPS) is 32.0. The predicted molar refractivity (Wildman–Crippen MR) is 80.9 cm³/mol. The van der Waals surface area contributed by atoms with Gasteiger partial charge in [-0.25, -0.2) is 0 Å². The van der Waals surface area contributed by atoms with Gasteiger partial charge in [0.25, 0.3) is 0 Å². The fourth-order valence-electron chi connectivity index (χ4n) is 3.85. The number of thiophene rings is 1. The molecule has 2 fully saturated rings. The lowest BCUT2D eigenvalue weighted by molar-refractivity contribution is -0.0923. The van der Waals surface area contributed by atoms with E-state index in [1.165, 1.54) is 22.2 Å². The standard InChI is InChI=1S/C16H19NOS/c1-16(2)14(12-5-7-18-15(12)16)17-11-3-4-13-10(9-11)6-8-19-13/h3-4,6,8-9,12,14-15,17H,5,7H2,1-2H3.